The third-order valence-electron chi connectivity index (χ3n) is 2.87. The van der Waals surface area contributed by atoms with Crippen molar-refractivity contribution in [3.63, 3.8) is 0 Å². The fourth-order valence-electron chi connectivity index (χ4n) is 0.747. The van der Waals surface area contributed by atoms with Gasteiger partial charge in [-0.1, -0.05) is 34.6 Å². The lowest BCUT2D eigenvalue weighted by atomic mass is 9.69. The van der Waals surface area contributed by atoms with Crippen LogP contribution in [-0.4, -0.2) is 24.2 Å². The molecule has 0 amide bonds. The van der Waals surface area contributed by atoms with Gasteiger partial charge in [-0.25, -0.2) is 0 Å². The number of carbonyl (C=O) groups is 1. The highest BCUT2D eigenvalue weighted by Gasteiger charge is 2.32. The molecular formula is C10H21NO2. The van der Waals surface area contributed by atoms with Crippen LogP contribution in [0.25, 0.3) is 0 Å². The summed E-state index contributed by atoms with van der Waals surface area (Å²) in [4.78, 5) is 10.3. The smallest absolute Gasteiger partial charge is 0.317 e. The molecule has 0 heterocycles. The van der Waals surface area contributed by atoms with E-state index in [1.54, 1.807) is 0 Å². The highest BCUT2D eigenvalue weighted by atomic mass is 16.4. The topological polar surface area (TPSA) is 49.3 Å². The first-order valence-electron chi connectivity index (χ1n) is 4.59. The molecule has 0 saturated heterocycles. The first-order chi connectivity index (χ1) is 5.67. The molecule has 0 aromatic rings. The van der Waals surface area contributed by atoms with Crippen LogP contribution in [0.3, 0.4) is 0 Å². The predicted molar refractivity (Wildman–Crippen MR) is 53.7 cm³/mol. The molecular weight excluding hydrogens is 166 g/mol. The molecule has 0 aromatic heterocycles. The van der Waals surface area contributed by atoms with E-state index in [-0.39, 0.29) is 17.4 Å². The monoisotopic (exact) mass is 187 g/mol. The van der Waals surface area contributed by atoms with Gasteiger partial charge in [-0.3, -0.25) is 4.79 Å². The Balaban J connectivity index is 3.97. The molecule has 78 valence electrons. The predicted octanol–water partition coefficient (Wildman–Crippen LogP) is 1.73. The summed E-state index contributed by atoms with van der Waals surface area (Å²) in [5.41, 5.74) is 0.279. The molecule has 0 spiro atoms. The average molecular weight is 187 g/mol. The standard InChI is InChI=1S/C10H21NO2/c1-9(2,3)10(4,5)7-11-6-8(12)13/h11H,6-7H2,1-5H3,(H,12,13). The second-order valence-corrected chi connectivity index (χ2v) is 5.13. The summed E-state index contributed by atoms with van der Waals surface area (Å²) in [5.74, 6) is -0.801. The van der Waals surface area contributed by atoms with E-state index in [1.807, 2.05) is 0 Å². The molecule has 2 N–H and O–H groups in total. The van der Waals surface area contributed by atoms with Gasteiger partial charge in [0.15, 0.2) is 0 Å². The number of carboxylic acid groups (broad SMARTS) is 1. The van der Waals surface area contributed by atoms with Crippen LogP contribution in [0, 0.1) is 10.8 Å². The Hall–Kier alpha value is -0.570. The Morgan fingerprint density at radius 3 is 2.00 bits per heavy atom. The van der Waals surface area contributed by atoms with Crippen LogP contribution in [0.2, 0.25) is 0 Å². The molecule has 13 heavy (non-hydrogen) atoms. The lowest BCUT2D eigenvalue weighted by molar-refractivity contribution is -0.136. The summed E-state index contributed by atoms with van der Waals surface area (Å²) >= 11 is 0. The normalized spacial score (nSPS) is 13.0. The van der Waals surface area contributed by atoms with Crippen LogP contribution < -0.4 is 5.32 Å². The summed E-state index contributed by atoms with van der Waals surface area (Å²) in [6, 6.07) is 0. The minimum Gasteiger partial charge on any atom is -0.480 e. The van der Waals surface area contributed by atoms with E-state index >= 15 is 0 Å². The van der Waals surface area contributed by atoms with Gasteiger partial charge in [-0.15, -0.1) is 0 Å². The van der Waals surface area contributed by atoms with Gasteiger partial charge >= 0.3 is 5.97 Å². The first kappa shape index (κ1) is 12.4. The van der Waals surface area contributed by atoms with E-state index in [0.717, 1.165) is 6.54 Å². The van der Waals surface area contributed by atoms with E-state index in [9.17, 15) is 4.79 Å². The maximum absolute atomic E-state index is 10.3. The SMILES string of the molecule is CC(C)(C)C(C)(C)CNCC(=O)O. The highest BCUT2D eigenvalue weighted by molar-refractivity contribution is 5.68. The zero-order valence-corrected chi connectivity index (χ0v) is 9.27. The molecule has 0 aliphatic carbocycles. The largest absolute Gasteiger partial charge is 0.480 e. The van der Waals surface area contributed by atoms with Crippen LogP contribution in [-0.2, 0) is 4.79 Å². The lowest BCUT2D eigenvalue weighted by Crippen LogP contribution is -2.41. The first-order valence-corrected chi connectivity index (χ1v) is 4.59. The summed E-state index contributed by atoms with van der Waals surface area (Å²) in [7, 11) is 0. The van der Waals surface area contributed by atoms with Gasteiger partial charge < -0.3 is 10.4 Å². The highest BCUT2D eigenvalue weighted by Crippen LogP contribution is 2.36. The minimum atomic E-state index is -0.801. The molecule has 0 aromatic carbocycles. The molecule has 3 heteroatoms. The van der Waals surface area contributed by atoms with Gasteiger partial charge in [0, 0.05) is 6.54 Å². The fourth-order valence-corrected chi connectivity index (χ4v) is 0.747. The zero-order chi connectivity index (χ0) is 10.7. The third-order valence-corrected chi connectivity index (χ3v) is 2.87. The van der Waals surface area contributed by atoms with Crippen LogP contribution in [0.5, 0.6) is 0 Å². The Morgan fingerprint density at radius 1 is 1.23 bits per heavy atom. The van der Waals surface area contributed by atoms with Crippen LogP contribution >= 0.6 is 0 Å². The van der Waals surface area contributed by atoms with Gasteiger partial charge in [0.2, 0.25) is 0 Å². The van der Waals surface area contributed by atoms with Gasteiger partial charge in [-0.2, -0.15) is 0 Å². The summed E-state index contributed by atoms with van der Waals surface area (Å²) in [5, 5.41) is 11.4. The molecule has 0 fully saturated rings. The minimum absolute atomic E-state index is 0.0412. The van der Waals surface area contributed by atoms with Crippen molar-refractivity contribution < 1.29 is 9.90 Å². The molecule has 0 aliphatic rings. The van der Waals surface area contributed by atoms with Gasteiger partial charge in [-0.05, 0) is 10.8 Å². The molecule has 0 saturated carbocycles. The van der Waals surface area contributed by atoms with Crippen molar-refractivity contribution in [1.82, 2.24) is 5.32 Å². The average Bonchev–Trinajstić information content (AvgIpc) is 1.82. The molecule has 0 bridgehead atoms. The van der Waals surface area contributed by atoms with Gasteiger partial charge in [0.05, 0.1) is 6.54 Å². The number of rotatable bonds is 4. The Morgan fingerprint density at radius 2 is 1.69 bits per heavy atom. The van der Waals surface area contributed by atoms with Crippen LogP contribution in [0.15, 0.2) is 0 Å². The van der Waals surface area contributed by atoms with E-state index in [2.05, 4.69) is 39.9 Å². The van der Waals surface area contributed by atoms with Gasteiger partial charge in [0.25, 0.3) is 0 Å². The van der Waals surface area contributed by atoms with Crippen LogP contribution in [0.1, 0.15) is 34.6 Å². The molecule has 3 nitrogen and oxygen atoms in total. The van der Waals surface area contributed by atoms with Crippen molar-refractivity contribution in [3.8, 4) is 0 Å². The number of hydrogen-bond acceptors (Lipinski definition) is 2. The molecule has 0 rings (SSSR count). The second-order valence-electron chi connectivity index (χ2n) is 5.13. The molecule has 0 atom stereocenters. The Bertz CT molecular complexity index is 180. The number of carboxylic acids is 1. The summed E-state index contributed by atoms with van der Waals surface area (Å²) in [6.45, 7) is 11.5. The van der Waals surface area contributed by atoms with Crippen molar-refractivity contribution in [2.75, 3.05) is 13.1 Å². The molecule has 0 aliphatic heterocycles. The van der Waals surface area contributed by atoms with E-state index in [1.165, 1.54) is 0 Å². The number of aliphatic carboxylic acids is 1. The quantitative estimate of drug-likeness (QED) is 0.704. The van der Waals surface area contributed by atoms with Gasteiger partial charge in [0.1, 0.15) is 0 Å². The van der Waals surface area contributed by atoms with E-state index < -0.39 is 5.97 Å². The lowest BCUT2D eigenvalue weighted by Gasteiger charge is -2.39. The maximum atomic E-state index is 10.3. The van der Waals surface area contributed by atoms with Crippen LogP contribution in [0.4, 0.5) is 0 Å². The second kappa shape index (κ2) is 4.09. The van der Waals surface area contributed by atoms with Crippen molar-refractivity contribution in [1.29, 1.82) is 0 Å². The Kier molecular flexibility index (Phi) is 3.91. The summed E-state index contributed by atoms with van der Waals surface area (Å²) in [6.07, 6.45) is 0. The number of nitrogens with one attached hydrogen (secondary N) is 1. The fraction of sp³-hybridized carbons (Fsp3) is 0.900. The Labute approximate surface area is 80.5 Å². The molecule has 0 radical (unpaired) electrons. The number of hydrogen-bond donors (Lipinski definition) is 2. The van der Waals surface area contributed by atoms with Crippen molar-refractivity contribution in [3.05, 3.63) is 0 Å². The molecule has 0 unspecified atom stereocenters. The maximum Gasteiger partial charge on any atom is 0.317 e. The third kappa shape index (κ3) is 4.27. The van der Waals surface area contributed by atoms with E-state index in [4.69, 9.17) is 5.11 Å². The summed E-state index contributed by atoms with van der Waals surface area (Å²) < 4.78 is 0. The van der Waals surface area contributed by atoms with E-state index in [0.29, 0.717) is 0 Å². The van der Waals surface area contributed by atoms with Crippen molar-refractivity contribution >= 4 is 5.97 Å². The van der Waals surface area contributed by atoms with Crippen molar-refractivity contribution in [2.24, 2.45) is 10.8 Å². The zero-order valence-electron chi connectivity index (χ0n) is 9.27. The van der Waals surface area contributed by atoms with Crippen molar-refractivity contribution in [2.45, 2.75) is 34.6 Å².